The summed E-state index contributed by atoms with van der Waals surface area (Å²) >= 11 is 5.32. The summed E-state index contributed by atoms with van der Waals surface area (Å²) in [5, 5.41) is 3.56. The summed E-state index contributed by atoms with van der Waals surface area (Å²) in [5.41, 5.74) is 6.08. The molecule has 2 aliphatic rings. The van der Waals surface area contributed by atoms with Crippen LogP contribution in [0.1, 0.15) is 34.7 Å². The number of hydrogen-bond acceptors (Lipinski definition) is 5. The Morgan fingerprint density at radius 1 is 0.973 bits per heavy atom. The van der Waals surface area contributed by atoms with Crippen LogP contribution in [0.4, 0.5) is 0 Å². The molecule has 7 heteroatoms. The van der Waals surface area contributed by atoms with Gasteiger partial charge in [-0.1, -0.05) is 48.6 Å². The van der Waals surface area contributed by atoms with Crippen molar-refractivity contribution >= 4 is 44.5 Å². The molecule has 4 aromatic rings. The lowest BCUT2D eigenvalue weighted by Crippen LogP contribution is -2.37. The van der Waals surface area contributed by atoms with E-state index in [4.69, 9.17) is 4.98 Å². The van der Waals surface area contributed by atoms with Gasteiger partial charge in [0.15, 0.2) is 0 Å². The Balaban J connectivity index is 1.16. The van der Waals surface area contributed by atoms with Crippen molar-refractivity contribution in [1.29, 1.82) is 0 Å². The van der Waals surface area contributed by atoms with Crippen LogP contribution in [0.5, 0.6) is 0 Å². The molecule has 5 nitrogen and oxygen atoms in total. The van der Waals surface area contributed by atoms with Crippen LogP contribution >= 0.6 is 27.3 Å². The Bertz CT molecular complexity index is 1420. The number of fused-ring (bicyclic) bond motifs is 2. The van der Waals surface area contributed by atoms with Gasteiger partial charge in [0.2, 0.25) is 0 Å². The van der Waals surface area contributed by atoms with Gasteiger partial charge in [0.25, 0.3) is 0 Å². The monoisotopic (exact) mass is 571 g/mol. The van der Waals surface area contributed by atoms with Crippen LogP contribution < -0.4 is 5.32 Å². The van der Waals surface area contributed by atoms with Gasteiger partial charge >= 0.3 is 0 Å². The number of nitrogens with one attached hydrogen (secondary N) is 2. The largest absolute Gasteiger partial charge is 0.341 e. The van der Waals surface area contributed by atoms with E-state index in [1.807, 2.05) is 12.3 Å². The van der Waals surface area contributed by atoms with Crippen molar-refractivity contribution in [1.82, 2.24) is 20.2 Å². The highest BCUT2D eigenvalue weighted by Gasteiger charge is 2.26. The predicted octanol–water partition coefficient (Wildman–Crippen LogP) is 6.78. The zero-order chi connectivity index (χ0) is 25.0. The maximum absolute atomic E-state index is 4.88. The normalized spacial score (nSPS) is 18.9. The maximum atomic E-state index is 4.88. The van der Waals surface area contributed by atoms with Crippen LogP contribution in [0.25, 0.3) is 11.0 Å². The van der Waals surface area contributed by atoms with E-state index in [-0.39, 0.29) is 0 Å². The molecule has 2 aromatic carbocycles. The average molecular weight is 573 g/mol. The first-order chi connectivity index (χ1) is 18.2. The second-order valence-electron chi connectivity index (χ2n) is 9.72. The van der Waals surface area contributed by atoms with E-state index < -0.39 is 0 Å². The number of para-hydroxylation sites is 2. The molecule has 188 valence electrons. The zero-order valence-corrected chi connectivity index (χ0v) is 23.0. The number of H-pyrrole nitrogens is 1. The summed E-state index contributed by atoms with van der Waals surface area (Å²) < 4.78 is 1.18. The SMILES string of the molecule is Brc1ccc(CNCc2ccc(CN(Cc3nc4ccccc4[nH]3)C3C=C4C=CC=NC4CC3)cc2)s1. The molecule has 1 aliphatic heterocycles. The van der Waals surface area contributed by atoms with Crippen LogP contribution in [0, 0.1) is 0 Å². The van der Waals surface area contributed by atoms with Crippen LogP contribution in [-0.4, -0.2) is 33.2 Å². The molecule has 2 aromatic heterocycles. The predicted molar refractivity (Wildman–Crippen MR) is 157 cm³/mol. The van der Waals surface area contributed by atoms with Crippen LogP contribution in [0.2, 0.25) is 0 Å². The number of nitrogens with zero attached hydrogens (tertiary/aromatic N) is 3. The van der Waals surface area contributed by atoms with E-state index >= 15 is 0 Å². The number of aliphatic imine (C=N–C) groups is 1. The molecule has 2 atom stereocenters. The molecule has 0 saturated carbocycles. The number of imidazole rings is 1. The lowest BCUT2D eigenvalue weighted by atomic mass is 9.89. The van der Waals surface area contributed by atoms with Gasteiger partial charge in [0.1, 0.15) is 5.82 Å². The lowest BCUT2D eigenvalue weighted by molar-refractivity contribution is 0.188. The summed E-state index contributed by atoms with van der Waals surface area (Å²) in [5.74, 6) is 1.01. The van der Waals surface area contributed by atoms with Gasteiger partial charge in [-0.3, -0.25) is 9.89 Å². The van der Waals surface area contributed by atoms with Crippen molar-refractivity contribution in [3.05, 3.63) is 110 Å². The van der Waals surface area contributed by atoms with Gasteiger partial charge in [-0.15, -0.1) is 11.3 Å². The smallest absolute Gasteiger partial charge is 0.121 e. The first kappa shape index (κ1) is 24.5. The molecular weight excluding hydrogens is 542 g/mol. The first-order valence-electron chi connectivity index (χ1n) is 12.8. The molecule has 6 rings (SSSR count). The number of hydrogen-bond donors (Lipinski definition) is 2. The summed E-state index contributed by atoms with van der Waals surface area (Å²) in [4.78, 5) is 17.0. The van der Waals surface area contributed by atoms with Gasteiger partial charge in [0, 0.05) is 36.8 Å². The Labute approximate surface area is 230 Å². The van der Waals surface area contributed by atoms with Gasteiger partial charge in [0.05, 0.1) is 27.4 Å². The molecule has 0 saturated heterocycles. The molecule has 37 heavy (non-hydrogen) atoms. The summed E-state index contributed by atoms with van der Waals surface area (Å²) in [7, 11) is 0. The van der Waals surface area contributed by atoms with Crippen molar-refractivity contribution in [2.45, 2.75) is 51.1 Å². The second-order valence-corrected chi connectivity index (χ2v) is 12.3. The minimum absolute atomic E-state index is 0.316. The van der Waals surface area contributed by atoms with Crippen LogP contribution in [0.3, 0.4) is 0 Å². The average Bonchev–Trinajstić information content (AvgIpc) is 3.54. The minimum atomic E-state index is 0.316. The van der Waals surface area contributed by atoms with E-state index in [1.165, 1.54) is 25.4 Å². The molecule has 0 bridgehead atoms. The van der Waals surface area contributed by atoms with Crippen molar-refractivity contribution in [3.8, 4) is 0 Å². The number of aromatic amines is 1. The van der Waals surface area contributed by atoms with Crippen LogP contribution in [-0.2, 0) is 26.2 Å². The van der Waals surface area contributed by atoms with E-state index in [1.54, 1.807) is 11.3 Å². The number of allylic oxidation sites excluding steroid dienone is 1. The molecule has 0 spiro atoms. The molecule has 3 heterocycles. The second kappa shape index (κ2) is 11.3. The fourth-order valence-electron chi connectivity index (χ4n) is 5.17. The molecule has 2 unspecified atom stereocenters. The number of aromatic nitrogens is 2. The Morgan fingerprint density at radius 3 is 2.68 bits per heavy atom. The Hall–Kier alpha value is -2.84. The number of halogens is 1. The fourth-order valence-corrected chi connectivity index (χ4v) is 6.62. The van der Waals surface area contributed by atoms with Crippen molar-refractivity contribution in [2.24, 2.45) is 4.99 Å². The number of benzene rings is 2. The lowest BCUT2D eigenvalue weighted by Gasteiger charge is -2.34. The van der Waals surface area contributed by atoms with Crippen molar-refractivity contribution < 1.29 is 0 Å². The Morgan fingerprint density at radius 2 is 1.84 bits per heavy atom. The summed E-state index contributed by atoms with van der Waals surface area (Å²) in [6, 6.07) is 22.2. The molecular formula is C30H30BrN5S. The zero-order valence-electron chi connectivity index (χ0n) is 20.6. The highest BCUT2D eigenvalue weighted by molar-refractivity contribution is 9.11. The third kappa shape index (κ3) is 6.02. The van der Waals surface area contributed by atoms with Crippen molar-refractivity contribution in [2.75, 3.05) is 0 Å². The minimum Gasteiger partial charge on any atom is -0.341 e. The topological polar surface area (TPSA) is 56.3 Å². The van der Waals surface area contributed by atoms with Gasteiger partial charge in [-0.05, 0) is 75.8 Å². The summed E-state index contributed by atoms with van der Waals surface area (Å²) in [6.45, 7) is 3.40. The maximum Gasteiger partial charge on any atom is 0.121 e. The first-order valence-corrected chi connectivity index (χ1v) is 14.4. The molecule has 2 N–H and O–H groups in total. The molecule has 0 amide bonds. The van der Waals surface area contributed by atoms with E-state index in [0.29, 0.717) is 12.1 Å². The summed E-state index contributed by atoms with van der Waals surface area (Å²) in [6.07, 6.45) is 10.8. The third-order valence-electron chi connectivity index (χ3n) is 7.07. The number of rotatable bonds is 9. The van der Waals surface area contributed by atoms with Crippen molar-refractivity contribution in [3.63, 3.8) is 0 Å². The van der Waals surface area contributed by atoms with E-state index in [0.717, 1.165) is 55.9 Å². The van der Waals surface area contributed by atoms with E-state index in [9.17, 15) is 0 Å². The van der Waals surface area contributed by atoms with Gasteiger partial charge in [-0.2, -0.15) is 0 Å². The van der Waals surface area contributed by atoms with Crippen LogP contribution in [0.15, 0.2) is 93.2 Å². The standard InChI is InChI=1S/C30H30BrN5S/c31-29-14-12-25(37-29)18-32-17-21-7-9-22(10-8-21)19-36(20-30-34-27-5-1-2-6-28(27)35-30)24-11-13-26-23(16-24)4-3-15-33-26/h1-10,12,14-16,24,26,32H,11,13,17-20H2,(H,34,35). The highest BCUT2D eigenvalue weighted by atomic mass is 79.9. The highest BCUT2D eigenvalue weighted by Crippen LogP contribution is 2.29. The number of thiophene rings is 1. The third-order valence-corrected chi connectivity index (χ3v) is 8.70. The van der Waals surface area contributed by atoms with Gasteiger partial charge < -0.3 is 10.3 Å². The fraction of sp³-hybridized carbons (Fsp3) is 0.267. The van der Waals surface area contributed by atoms with E-state index in [2.05, 4.69) is 109 Å². The molecule has 1 aliphatic carbocycles. The molecule has 0 radical (unpaired) electrons. The van der Waals surface area contributed by atoms with Gasteiger partial charge in [-0.25, -0.2) is 4.98 Å². The Kier molecular flexibility index (Phi) is 7.46. The quantitative estimate of drug-likeness (QED) is 0.233. The number of dihydropyridines is 1. The molecule has 0 fully saturated rings.